The van der Waals surface area contributed by atoms with Crippen molar-refractivity contribution in [2.75, 3.05) is 0 Å². The van der Waals surface area contributed by atoms with Crippen molar-refractivity contribution in [2.24, 2.45) is 0 Å². The van der Waals surface area contributed by atoms with Gasteiger partial charge in [-0.15, -0.1) is 0 Å². The van der Waals surface area contributed by atoms with E-state index in [1.54, 1.807) is 0 Å². The minimum absolute atomic E-state index is 0. The van der Waals surface area contributed by atoms with E-state index in [0.29, 0.717) is 5.92 Å². The number of hydrogen-bond acceptors (Lipinski definition) is 0. The summed E-state index contributed by atoms with van der Waals surface area (Å²) in [6.07, 6.45) is 6.55. The van der Waals surface area contributed by atoms with Crippen LogP contribution in [0.25, 0.3) is 0 Å². The summed E-state index contributed by atoms with van der Waals surface area (Å²) in [5.41, 5.74) is 2.82. The summed E-state index contributed by atoms with van der Waals surface area (Å²) < 4.78 is 0. The molecule has 0 heteroatoms. The first-order chi connectivity index (χ1) is 5.88. The van der Waals surface area contributed by atoms with Crippen LogP contribution in [0.4, 0.5) is 0 Å². The zero-order chi connectivity index (χ0) is 8.39. The maximum atomic E-state index is 2.24. The fourth-order valence-corrected chi connectivity index (χ4v) is 1.61. The maximum Gasteiger partial charge on any atom is 0.0231 e. The molecule has 0 bridgehead atoms. The van der Waals surface area contributed by atoms with Gasteiger partial charge in [0.2, 0.25) is 0 Å². The van der Waals surface area contributed by atoms with Crippen LogP contribution < -0.4 is 0 Å². The molecule has 0 spiro atoms. The summed E-state index contributed by atoms with van der Waals surface area (Å²) in [7, 11) is 0. The molecule has 0 heterocycles. The van der Waals surface area contributed by atoms with Gasteiger partial charge in [-0.25, -0.2) is 0 Å². The summed E-state index contributed by atoms with van der Waals surface area (Å²) in [6.45, 7) is 2.18. The van der Waals surface area contributed by atoms with Gasteiger partial charge in [0.25, 0.3) is 0 Å². The molecule has 2 rings (SSSR count). The van der Waals surface area contributed by atoms with E-state index in [4.69, 9.17) is 0 Å². The quantitative estimate of drug-likeness (QED) is 0.602. The molecule has 1 aromatic rings. The first-order valence-corrected chi connectivity index (χ1v) is 4.28. The molecule has 1 aromatic carbocycles. The van der Waals surface area contributed by atoms with E-state index in [1.165, 1.54) is 11.1 Å². The molecular weight excluding hydrogens is 156 g/mol. The van der Waals surface area contributed by atoms with Crippen molar-refractivity contribution in [3.05, 3.63) is 59.7 Å². The highest BCUT2D eigenvalue weighted by molar-refractivity contribution is 5.39. The molecule has 0 aromatic heterocycles. The van der Waals surface area contributed by atoms with E-state index in [2.05, 4.69) is 55.5 Å². The van der Waals surface area contributed by atoms with E-state index in [-0.39, 0.29) is 7.43 Å². The minimum atomic E-state index is 0. The van der Waals surface area contributed by atoms with Gasteiger partial charge in [0.15, 0.2) is 0 Å². The van der Waals surface area contributed by atoms with Gasteiger partial charge in [-0.1, -0.05) is 61.6 Å². The largest absolute Gasteiger partial charge is 0.0776 e. The Balaban J connectivity index is 0.000000845. The molecule has 68 valence electrons. The van der Waals surface area contributed by atoms with E-state index >= 15 is 0 Å². The zero-order valence-electron chi connectivity index (χ0n) is 7.20. The lowest BCUT2D eigenvalue weighted by molar-refractivity contribution is 1.01. The Morgan fingerprint density at radius 1 is 1.08 bits per heavy atom. The van der Waals surface area contributed by atoms with Crippen molar-refractivity contribution >= 4 is 0 Å². The van der Waals surface area contributed by atoms with Crippen molar-refractivity contribution in [2.45, 2.75) is 20.3 Å². The van der Waals surface area contributed by atoms with Crippen LogP contribution in [0, 0.1) is 0 Å². The molecular formula is C13H16. The first-order valence-electron chi connectivity index (χ1n) is 4.28. The Kier molecular flexibility index (Phi) is 3.07. The van der Waals surface area contributed by atoms with Crippen LogP contribution in [-0.2, 0) is 0 Å². The number of benzene rings is 1. The zero-order valence-corrected chi connectivity index (χ0v) is 7.20. The van der Waals surface area contributed by atoms with Crippen LogP contribution in [0.15, 0.2) is 54.1 Å². The predicted molar refractivity (Wildman–Crippen MR) is 58.8 cm³/mol. The first kappa shape index (κ1) is 9.79. The molecule has 13 heavy (non-hydrogen) atoms. The Morgan fingerprint density at radius 2 is 1.77 bits per heavy atom. The second-order valence-electron chi connectivity index (χ2n) is 3.18. The second kappa shape index (κ2) is 4.08. The summed E-state index contributed by atoms with van der Waals surface area (Å²) in [5.74, 6) is 0.520. The van der Waals surface area contributed by atoms with Gasteiger partial charge in [0.05, 0.1) is 0 Å². The Hall–Kier alpha value is -1.30. The summed E-state index contributed by atoms with van der Waals surface area (Å²) in [4.78, 5) is 0. The minimum Gasteiger partial charge on any atom is -0.0776 e. The van der Waals surface area contributed by atoms with Crippen molar-refractivity contribution in [3.8, 4) is 0 Å². The molecule has 0 fully saturated rings. The number of hydrogen-bond donors (Lipinski definition) is 0. The Morgan fingerprint density at radius 3 is 2.31 bits per heavy atom. The number of allylic oxidation sites excluding steroid dienone is 4. The smallest absolute Gasteiger partial charge is 0.0231 e. The summed E-state index contributed by atoms with van der Waals surface area (Å²) in [5, 5.41) is 0. The van der Waals surface area contributed by atoms with Crippen molar-refractivity contribution in [1.82, 2.24) is 0 Å². The van der Waals surface area contributed by atoms with Crippen molar-refractivity contribution in [3.63, 3.8) is 0 Å². The average molecular weight is 172 g/mol. The summed E-state index contributed by atoms with van der Waals surface area (Å²) >= 11 is 0. The molecule has 0 amide bonds. The monoisotopic (exact) mass is 172 g/mol. The fraction of sp³-hybridized carbons (Fsp3) is 0.231. The van der Waals surface area contributed by atoms with E-state index in [9.17, 15) is 0 Å². The standard InChI is InChI=1S/C12H12.CH4/c1-10-6-5-9-12(10)11-7-3-2-4-8-11;/h2-9,12H,1H3;1H4. The molecule has 0 saturated carbocycles. The lowest BCUT2D eigenvalue weighted by Crippen LogP contribution is -1.92. The molecule has 1 unspecified atom stereocenters. The van der Waals surface area contributed by atoms with Gasteiger partial charge in [-0.2, -0.15) is 0 Å². The summed E-state index contributed by atoms with van der Waals surface area (Å²) in [6, 6.07) is 10.6. The van der Waals surface area contributed by atoms with E-state index in [1.807, 2.05) is 0 Å². The maximum absolute atomic E-state index is 2.24. The predicted octanol–water partition coefficient (Wildman–Crippen LogP) is 3.92. The highest BCUT2D eigenvalue weighted by Crippen LogP contribution is 2.28. The molecule has 0 aliphatic heterocycles. The van der Waals surface area contributed by atoms with Crippen LogP contribution in [0.2, 0.25) is 0 Å². The fourth-order valence-electron chi connectivity index (χ4n) is 1.61. The van der Waals surface area contributed by atoms with Gasteiger partial charge >= 0.3 is 0 Å². The van der Waals surface area contributed by atoms with E-state index in [0.717, 1.165) is 0 Å². The Bertz CT molecular complexity index is 317. The molecule has 0 nitrogen and oxygen atoms in total. The Labute approximate surface area is 80.6 Å². The highest BCUT2D eigenvalue weighted by Gasteiger charge is 2.11. The molecule has 1 aliphatic rings. The van der Waals surface area contributed by atoms with Gasteiger partial charge in [-0.05, 0) is 12.5 Å². The lowest BCUT2D eigenvalue weighted by Gasteiger charge is -2.09. The number of rotatable bonds is 1. The molecule has 0 radical (unpaired) electrons. The SMILES string of the molecule is C.CC1=CC=CC1c1ccccc1. The molecule has 0 saturated heterocycles. The topological polar surface area (TPSA) is 0 Å². The van der Waals surface area contributed by atoms with Crippen LogP contribution in [-0.4, -0.2) is 0 Å². The van der Waals surface area contributed by atoms with Crippen molar-refractivity contribution < 1.29 is 0 Å². The molecule has 1 aliphatic carbocycles. The van der Waals surface area contributed by atoms with Gasteiger partial charge in [-0.3, -0.25) is 0 Å². The third kappa shape index (κ3) is 1.89. The van der Waals surface area contributed by atoms with Crippen LogP contribution in [0.1, 0.15) is 25.8 Å². The van der Waals surface area contributed by atoms with Gasteiger partial charge in [0.1, 0.15) is 0 Å². The van der Waals surface area contributed by atoms with Gasteiger partial charge < -0.3 is 0 Å². The molecule has 1 atom stereocenters. The lowest BCUT2D eigenvalue weighted by atomic mass is 9.95. The third-order valence-corrected chi connectivity index (χ3v) is 2.31. The highest BCUT2D eigenvalue weighted by atomic mass is 14.2. The third-order valence-electron chi connectivity index (χ3n) is 2.31. The molecule has 0 N–H and O–H groups in total. The van der Waals surface area contributed by atoms with E-state index < -0.39 is 0 Å². The average Bonchev–Trinajstić information content (AvgIpc) is 2.53. The van der Waals surface area contributed by atoms with Gasteiger partial charge in [0, 0.05) is 5.92 Å². The second-order valence-corrected chi connectivity index (χ2v) is 3.18. The van der Waals surface area contributed by atoms with Crippen LogP contribution in [0.5, 0.6) is 0 Å². The van der Waals surface area contributed by atoms with Crippen LogP contribution in [0.3, 0.4) is 0 Å². The normalized spacial score (nSPS) is 19.5. The van der Waals surface area contributed by atoms with Crippen molar-refractivity contribution in [1.29, 1.82) is 0 Å². The van der Waals surface area contributed by atoms with Crippen LogP contribution >= 0.6 is 0 Å².